The number of benzene rings is 2. The summed E-state index contributed by atoms with van der Waals surface area (Å²) in [5.41, 5.74) is -3.62. The first-order valence-corrected chi connectivity index (χ1v) is 21.9. The van der Waals surface area contributed by atoms with Crippen LogP contribution < -0.4 is 31.0 Å². The van der Waals surface area contributed by atoms with Gasteiger partial charge in [0.2, 0.25) is 35.9 Å². The molecule has 4 fully saturated rings. The maximum absolute atomic E-state index is 14.4. The van der Waals surface area contributed by atoms with E-state index in [0.29, 0.717) is 25.2 Å². The number of carbonyl (C=O) groups is 5. The molecule has 2 aromatic carbocycles. The number of carbonyl (C=O) groups excluding carboxylic acids is 5. The van der Waals surface area contributed by atoms with Gasteiger partial charge in [0.05, 0.1) is 13.1 Å². The summed E-state index contributed by atoms with van der Waals surface area (Å²) >= 11 is 0. The summed E-state index contributed by atoms with van der Waals surface area (Å²) in [6.07, 6.45) is 3.78. The van der Waals surface area contributed by atoms with Gasteiger partial charge in [-0.3, -0.25) is 38.6 Å². The molecule has 4 saturated heterocycles. The molecule has 0 spiro atoms. The predicted octanol–water partition coefficient (Wildman–Crippen LogP) is 2.47. The van der Waals surface area contributed by atoms with Crippen LogP contribution in [0.4, 0.5) is 22.4 Å². The van der Waals surface area contributed by atoms with Gasteiger partial charge in [0, 0.05) is 87.0 Å². The number of aromatic nitrogens is 2. The highest BCUT2D eigenvalue weighted by atomic mass is 19.1. The molecule has 4 atom stereocenters. The van der Waals surface area contributed by atoms with Gasteiger partial charge in [-0.25, -0.2) is 22.4 Å². The number of halogens is 4. The van der Waals surface area contributed by atoms with Gasteiger partial charge in [0.1, 0.15) is 46.7 Å². The fourth-order valence-corrected chi connectivity index (χ4v) is 10.2. The van der Waals surface area contributed by atoms with Crippen LogP contribution in [0.3, 0.4) is 0 Å². The highest BCUT2D eigenvalue weighted by Gasteiger charge is 2.50. The van der Waals surface area contributed by atoms with Crippen molar-refractivity contribution in [2.45, 2.75) is 76.3 Å². The smallest absolute Gasteiger partial charge is 0.451 e. The molecule has 0 aliphatic carbocycles. The van der Waals surface area contributed by atoms with E-state index in [1.165, 1.54) is 21.5 Å². The summed E-state index contributed by atoms with van der Waals surface area (Å²) in [6.45, 7) is -0.329. The third-order valence-electron chi connectivity index (χ3n) is 13.4. The van der Waals surface area contributed by atoms with Crippen molar-refractivity contribution in [2.24, 2.45) is 0 Å². The molecule has 356 valence electrons. The Hall–Kier alpha value is -7.27. The van der Waals surface area contributed by atoms with Crippen molar-refractivity contribution in [1.29, 1.82) is 0 Å². The van der Waals surface area contributed by atoms with Gasteiger partial charge >= 0.3 is 6.16 Å². The van der Waals surface area contributed by atoms with E-state index in [2.05, 4.69) is 20.4 Å². The number of hydrogen-bond donors (Lipinski definition) is 2. The first-order valence-electron chi connectivity index (χ1n) is 21.9. The van der Waals surface area contributed by atoms with Crippen LogP contribution in [0.2, 0.25) is 0 Å². The monoisotopic (exact) mass is 946 g/mol. The van der Waals surface area contributed by atoms with Crippen LogP contribution in [0, 0.1) is 23.3 Å². The SMILES string of the molecule is O=C(OCOc1c2n(cc(C(=O)NCc3ccc(F)cc3F)c1=O)C[C@@H]1N(C[C@H]3CCCN31)C2=O)OCOc1c2n(cc(C(=O)NCc3ccc(F)cc3F)c1=O)C[C@@H]1N(C[C@H]3CCCN31)C2=O. The van der Waals surface area contributed by atoms with Gasteiger partial charge < -0.3 is 48.5 Å². The number of rotatable bonds is 12. The number of pyridine rings is 2. The number of nitrogens with zero attached hydrogens (tertiary/aromatic N) is 6. The molecule has 0 bridgehead atoms. The minimum absolute atomic E-state index is 0.0613. The Bertz CT molecular complexity index is 2720. The second-order valence-corrected chi connectivity index (χ2v) is 17.2. The van der Waals surface area contributed by atoms with Gasteiger partial charge in [-0.1, -0.05) is 12.1 Å². The Morgan fingerprint density at radius 2 is 1.03 bits per heavy atom. The van der Waals surface area contributed by atoms with Crippen molar-refractivity contribution in [3.63, 3.8) is 0 Å². The van der Waals surface area contributed by atoms with Crippen LogP contribution in [0.25, 0.3) is 0 Å². The first kappa shape index (κ1) is 44.6. The summed E-state index contributed by atoms with van der Waals surface area (Å²) in [5, 5.41) is 4.87. The van der Waals surface area contributed by atoms with E-state index in [-0.39, 0.29) is 60.0 Å². The van der Waals surface area contributed by atoms with Crippen molar-refractivity contribution in [3.8, 4) is 11.5 Å². The first-order chi connectivity index (χ1) is 32.7. The minimum Gasteiger partial charge on any atom is -0.451 e. The maximum atomic E-state index is 14.4. The molecule has 6 aliphatic heterocycles. The molecule has 4 amide bonds. The Labute approximate surface area is 382 Å². The van der Waals surface area contributed by atoms with Crippen LogP contribution in [-0.4, -0.2) is 123 Å². The summed E-state index contributed by atoms with van der Waals surface area (Å²) in [4.78, 5) is 103. The zero-order valence-corrected chi connectivity index (χ0v) is 36.0. The van der Waals surface area contributed by atoms with E-state index in [1.54, 1.807) is 9.80 Å². The van der Waals surface area contributed by atoms with Gasteiger partial charge in [0.15, 0.2) is 11.4 Å². The predicted molar refractivity (Wildman–Crippen MR) is 224 cm³/mol. The van der Waals surface area contributed by atoms with Crippen LogP contribution in [0.5, 0.6) is 11.5 Å². The average Bonchev–Trinajstić information content (AvgIpc) is 4.11. The third-order valence-corrected chi connectivity index (χ3v) is 13.4. The lowest BCUT2D eigenvalue weighted by Gasteiger charge is -2.36. The second kappa shape index (κ2) is 17.8. The van der Waals surface area contributed by atoms with Crippen molar-refractivity contribution < 1.29 is 60.5 Å². The lowest BCUT2D eigenvalue weighted by molar-refractivity contribution is -0.0271. The van der Waals surface area contributed by atoms with Crippen LogP contribution >= 0.6 is 0 Å². The number of fused-ring (bicyclic) bond motifs is 8. The average molecular weight is 947 g/mol. The quantitative estimate of drug-likeness (QED) is 0.119. The molecule has 2 N–H and O–H groups in total. The standard InChI is InChI=1S/C45H42F4N8O11/c46-25-7-5-23(31(48)11-25)13-50-41(60)29-17-52-19-33-54-9-1-3-27(54)15-56(33)43(62)35(52)39(37(29)58)65-21-67-45(64)68-22-66-40-36-44(63)57-16-28-4-2-10-55(28)34(57)20-53(36)18-30(38(40)59)42(61)51-14-24-6-8-26(47)12-32(24)49/h5-8,11-12,17-18,27-28,33-34H,1-4,9-10,13-16,19-22H2,(H,50,60)(H,51,61)/t27-,28-,33+,34+/m1/s1. The highest BCUT2D eigenvalue weighted by molar-refractivity contribution is 6.00. The van der Waals surface area contributed by atoms with Crippen molar-refractivity contribution in [2.75, 3.05) is 39.8 Å². The van der Waals surface area contributed by atoms with Crippen molar-refractivity contribution in [1.82, 2.24) is 39.4 Å². The summed E-state index contributed by atoms with van der Waals surface area (Å²) in [7, 11) is 0. The molecule has 19 nitrogen and oxygen atoms in total. The van der Waals surface area contributed by atoms with Gasteiger partial charge in [-0.2, -0.15) is 0 Å². The van der Waals surface area contributed by atoms with Crippen molar-refractivity contribution in [3.05, 3.63) is 126 Å². The molecule has 0 radical (unpaired) electrons. The normalized spacial score (nSPS) is 21.4. The topological polar surface area (TPSA) is 203 Å². The van der Waals surface area contributed by atoms with Gasteiger partial charge in [-0.05, 0) is 37.8 Å². The maximum Gasteiger partial charge on any atom is 0.514 e. The zero-order chi connectivity index (χ0) is 47.5. The fraction of sp³-hybridized carbons (Fsp3) is 0.400. The van der Waals surface area contributed by atoms with E-state index in [4.69, 9.17) is 18.9 Å². The van der Waals surface area contributed by atoms with E-state index in [0.717, 1.165) is 63.0 Å². The summed E-state index contributed by atoms with van der Waals surface area (Å²) in [5.74, 6) is -7.80. The lowest BCUT2D eigenvalue weighted by atomic mass is 10.1. The Kier molecular flexibility index (Phi) is 11.6. The number of ether oxygens (including phenoxy) is 4. The lowest BCUT2D eigenvalue weighted by Crippen LogP contribution is -2.51. The molecule has 8 heterocycles. The Morgan fingerprint density at radius 1 is 0.603 bits per heavy atom. The molecular weight excluding hydrogens is 905 g/mol. The fourth-order valence-electron chi connectivity index (χ4n) is 10.2. The molecule has 68 heavy (non-hydrogen) atoms. The van der Waals surface area contributed by atoms with Crippen molar-refractivity contribution >= 4 is 29.8 Å². The number of nitrogens with one attached hydrogen (secondary N) is 2. The van der Waals surface area contributed by atoms with Gasteiger partial charge in [-0.15, -0.1) is 0 Å². The third kappa shape index (κ3) is 7.97. The van der Waals surface area contributed by atoms with Crippen LogP contribution in [-0.2, 0) is 35.7 Å². The molecule has 10 rings (SSSR count). The van der Waals surface area contributed by atoms with Gasteiger partial charge in [0.25, 0.3) is 23.6 Å². The molecule has 0 unspecified atom stereocenters. The Morgan fingerprint density at radius 3 is 1.44 bits per heavy atom. The van der Waals surface area contributed by atoms with E-state index in [9.17, 15) is 51.1 Å². The molecule has 23 heteroatoms. The number of amides is 4. The minimum atomic E-state index is -1.46. The summed E-state index contributed by atoms with van der Waals surface area (Å²) in [6, 6.07) is 5.76. The zero-order valence-electron chi connectivity index (χ0n) is 36.0. The molecule has 0 saturated carbocycles. The van der Waals surface area contributed by atoms with E-state index >= 15 is 0 Å². The largest absolute Gasteiger partial charge is 0.514 e. The molecule has 4 aromatic rings. The molecule has 6 aliphatic rings. The van der Waals surface area contributed by atoms with Crippen LogP contribution in [0.15, 0.2) is 58.4 Å². The molecular formula is C45H42F4N8O11. The second-order valence-electron chi connectivity index (χ2n) is 17.2. The molecule has 2 aromatic heterocycles. The number of hydrogen-bond acceptors (Lipinski definition) is 13. The highest BCUT2D eigenvalue weighted by Crippen LogP contribution is 2.37. The van der Waals surface area contributed by atoms with E-state index in [1.807, 2.05) is 0 Å². The van der Waals surface area contributed by atoms with E-state index < -0.39 is 113 Å². The Balaban J connectivity index is 0.855. The summed E-state index contributed by atoms with van der Waals surface area (Å²) < 4.78 is 80.0. The van der Waals surface area contributed by atoms with Crippen LogP contribution in [0.1, 0.15) is 78.5 Å².